The second-order valence-electron chi connectivity index (χ2n) is 5.94. The lowest BCUT2D eigenvalue weighted by molar-refractivity contribution is 0.448. The van der Waals surface area contributed by atoms with E-state index < -0.39 is 17.5 Å². The zero-order valence-corrected chi connectivity index (χ0v) is 14.4. The molecule has 24 heavy (non-hydrogen) atoms. The van der Waals surface area contributed by atoms with Gasteiger partial charge in [0, 0.05) is 0 Å². The van der Waals surface area contributed by atoms with Gasteiger partial charge in [0.15, 0.2) is 17.5 Å². The van der Waals surface area contributed by atoms with Gasteiger partial charge in [0.1, 0.15) is 0 Å². The first-order valence-corrected chi connectivity index (χ1v) is 8.49. The average Bonchev–Trinajstić information content (AvgIpc) is 2.62. The molecule has 128 valence electrons. The molecular formula is C21H23F3. The predicted octanol–water partition coefficient (Wildman–Crippen LogP) is 7.00. The molecule has 0 aromatic heterocycles. The first-order chi connectivity index (χ1) is 11.5. The number of allylic oxidation sites excluding steroid dienone is 2. The molecule has 0 amide bonds. The van der Waals surface area contributed by atoms with Gasteiger partial charge in [-0.05, 0) is 59.6 Å². The Balaban J connectivity index is 0.00000100. The van der Waals surface area contributed by atoms with Crippen LogP contribution in [0.4, 0.5) is 13.2 Å². The largest absolute Gasteiger partial charge is 0.204 e. The minimum Gasteiger partial charge on any atom is -0.204 e. The van der Waals surface area contributed by atoms with Crippen molar-refractivity contribution in [2.75, 3.05) is 0 Å². The quantitative estimate of drug-likeness (QED) is 0.519. The maximum absolute atomic E-state index is 13.3. The van der Waals surface area contributed by atoms with Crippen LogP contribution in [0.25, 0.3) is 16.7 Å². The van der Waals surface area contributed by atoms with E-state index in [1.807, 2.05) is 38.1 Å². The summed E-state index contributed by atoms with van der Waals surface area (Å²) in [6.45, 7) is 6.24. The van der Waals surface area contributed by atoms with E-state index in [1.165, 1.54) is 12.0 Å². The average molecular weight is 332 g/mol. The monoisotopic (exact) mass is 332 g/mol. The van der Waals surface area contributed by atoms with Crippen molar-refractivity contribution in [1.82, 2.24) is 0 Å². The first kappa shape index (κ1) is 18.3. The summed E-state index contributed by atoms with van der Waals surface area (Å²) in [6.07, 6.45) is 5.59. The molecule has 0 aliphatic heterocycles. The summed E-state index contributed by atoms with van der Waals surface area (Å²) < 4.78 is 39.6. The third-order valence-electron chi connectivity index (χ3n) is 4.25. The van der Waals surface area contributed by atoms with E-state index in [4.69, 9.17) is 0 Å². The molecule has 0 fully saturated rings. The molecule has 0 bridgehead atoms. The van der Waals surface area contributed by atoms with Crippen LogP contribution in [0.1, 0.15) is 45.6 Å². The van der Waals surface area contributed by atoms with E-state index in [0.29, 0.717) is 11.1 Å². The smallest absolute Gasteiger partial charge is 0.194 e. The minimum atomic E-state index is -1.43. The molecule has 0 saturated heterocycles. The molecule has 1 aliphatic rings. The van der Waals surface area contributed by atoms with Crippen molar-refractivity contribution in [1.29, 1.82) is 0 Å². The molecular weight excluding hydrogens is 309 g/mol. The van der Waals surface area contributed by atoms with Crippen LogP contribution in [0.3, 0.4) is 0 Å². The Labute approximate surface area is 142 Å². The van der Waals surface area contributed by atoms with E-state index in [9.17, 15) is 13.2 Å². The molecule has 2 aromatic rings. The molecule has 3 heteroatoms. The number of hydrogen-bond donors (Lipinski definition) is 0. The third-order valence-corrected chi connectivity index (χ3v) is 4.25. The van der Waals surface area contributed by atoms with Crippen LogP contribution < -0.4 is 0 Å². The highest BCUT2D eigenvalue weighted by molar-refractivity contribution is 5.71. The van der Waals surface area contributed by atoms with Gasteiger partial charge < -0.3 is 0 Å². The second kappa shape index (κ2) is 8.18. The Kier molecular flexibility index (Phi) is 6.24. The molecule has 0 heterocycles. The predicted molar refractivity (Wildman–Crippen MR) is 94.1 cm³/mol. The molecule has 3 rings (SSSR count). The van der Waals surface area contributed by atoms with Crippen LogP contribution in [0.2, 0.25) is 0 Å². The highest BCUT2D eigenvalue weighted by Gasteiger charge is 2.13. The van der Waals surface area contributed by atoms with Gasteiger partial charge in [-0.3, -0.25) is 0 Å². The fraction of sp³-hybridized carbons (Fsp3) is 0.333. The standard InChI is InChI=1S/C19H17F3.C2H6/c1-12-2-4-13(5-3-12)14-6-8-15(9-7-14)16-10-17(20)19(22)18(21)11-16;1-2/h4,6-12H,2-3,5H2,1H3;1-2H3. The lowest BCUT2D eigenvalue weighted by atomic mass is 9.87. The summed E-state index contributed by atoms with van der Waals surface area (Å²) in [6, 6.07) is 9.59. The number of halogens is 3. The molecule has 1 unspecified atom stereocenters. The molecule has 1 aliphatic carbocycles. The SMILES string of the molecule is CC.CC1CC=C(c2ccc(-c3cc(F)c(F)c(F)c3)cc2)CC1. The zero-order valence-electron chi connectivity index (χ0n) is 14.4. The van der Waals surface area contributed by atoms with Crippen LogP contribution in [-0.2, 0) is 0 Å². The zero-order chi connectivity index (χ0) is 17.7. The van der Waals surface area contributed by atoms with Crippen molar-refractivity contribution >= 4 is 5.57 Å². The van der Waals surface area contributed by atoms with Crippen molar-refractivity contribution < 1.29 is 13.2 Å². The van der Waals surface area contributed by atoms with E-state index in [0.717, 1.165) is 36.5 Å². The Morgan fingerprint density at radius 2 is 1.38 bits per heavy atom. The van der Waals surface area contributed by atoms with Crippen LogP contribution in [0, 0.1) is 23.4 Å². The highest BCUT2D eigenvalue weighted by Crippen LogP contribution is 2.31. The van der Waals surface area contributed by atoms with Crippen molar-refractivity contribution in [3.05, 3.63) is 65.5 Å². The van der Waals surface area contributed by atoms with Gasteiger partial charge in [-0.2, -0.15) is 0 Å². The molecule has 0 N–H and O–H groups in total. The van der Waals surface area contributed by atoms with Crippen LogP contribution >= 0.6 is 0 Å². The summed E-state index contributed by atoms with van der Waals surface area (Å²) in [5.41, 5.74) is 3.47. The van der Waals surface area contributed by atoms with Crippen molar-refractivity contribution in [2.24, 2.45) is 5.92 Å². The minimum absolute atomic E-state index is 0.342. The van der Waals surface area contributed by atoms with Gasteiger partial charge >= 0.3 is 0 Å². The fourth-order valence-corrected chi connectivity index (χ4v) is 2.83. The van der Waals surface area contributed by atoms with Crippen LogP contribution in [-0.4, -0.2) is 0 Å². The first-order valence-electron chi connectivity index (χ1n) is 8.49. The Bertz CT molecular complexity index is 691. The van der Waals surface area contributed by atoms with Gasteiger partial charge in [-0.15, -0.1) is 0 Å². The van der Waals surface area contributed by atoms with Gasteiger partial charge in [0.25, 0.3) is 0 Å². The highest BCUT2D eigenvalue weighted by atomic mass is 19.2. The number of rotatable bonds is 2. The van der Waals surface area contributed by atoms with Crippen molar-refractivity contribution in [3.8, 4) is 11.1 Å². The normalized spacial score (nSPS) is 16.9. The van der Waals surface area contributed by atoms with Crippen molar-refractivity contribution in [3.63, 3.8) is 0 Å². The van der Waals surface area contributed by atoms with Gasteiger partial charge in [-0.1, -0.05) is 51.1 Å². The Hall–Kier alpha value is -2.03. The van der Waals surface area contributed by atoms with E-state index in [-0.39, 0.29) is 0 Å². The Morgan fingerprint density at radius 3 is 1.88 bits per heavy atom. The van der Waals surface area contributed by atoms with Gasteiger partial charge in [-0.25, -0.2) is 13.2 Å². The summed E-state index contributed by atoms with van der Waals surface area (Å²) in [5.74, 6) is -3.03. The third kappa shape index (κ3) is 4.08. The molecule has 2 aromatic carbocycles. The maximum Gasteiger partial charge on any atom is 0.194 e. The van der Waals surface area contributed by atoms with Crippen LogP contribution in [0.15, 0.2) is 42.5 Å². The van der Waals surface area contributed by atoms with Crippen molar-refractivity contribution in [2.45, 2.75) is 40.0 Å². The van der Waals surface area contributed by atoms with E-state index >= 15 is 0 Å². The summed E-state index contributed by atoms with van der Waals surface area (Å²) in [7, 11) is 0. The topological polar surface area (TPSA) is 0 Å². The lowest BCUT2D eigenvalue weighted by Gasteiger charge is -2.18. The molecule has 0 saturated carbocycles. The lowest BCUT2D eigenvalue weighted by Crippen LogP contribution is -2.00. The molecule has 0 radical (unpaired) electrons. The maximum atomic E-state index is 13.3. The van der Waals surface area contributed by atoms with Crippen LogP contribution in [0.5, 0.6) is 0 Å². The summed E-state index contributed by atoms with van der Waals surface area (Å²) >= 11 is 0. The molecule has 0 spiro atoms. The Morgan fingerprint density at radius 1 is 0.833 bits per heavy atom. The van der Waals surface area contributed by atoms with Gasteiger partial charge in [0.2, 0.25) is 0 Å². The second-order valence-corrected chi connectivity index (χ2v) is 5.94. The molecule has 1 atom stereocenters. The van der Waals surface area contributed by atoms with E-state index in [2.05, 4.69) is 13.0 Å². The number of benzene rings is 2. The fourth-order valence-electron chi connectivity index (χ4n) is 2.83. The molecule has 0 nitrogen and oxygen atoms in total. The number of hydrogen-bond acceptors (Lipinski definition) is 0. The summed E-state index contributed by atoms with van der Waals surface area (Å²) in [4.78, 5) is 0. The van der Waals surface area contributed by atoms with E-state index in [1.54, 1.807) is 0 Å². The van der Waals surface area contributed by atoms with Gasteiger partial charge in [0.05, 0.1) is 0 Å². The summed E-state index contributed by atoms with van der Waals surface area (Å²) in [5, 5.41) is 0.